The van der Waals surface area contributed by atoms with E-state index in [0.29, 0.717) is 12.4 Å². The molecule has 108 valence electrons. The Morgan fingerprint density at radius 2 is 2.20 bits per heavy atom. The highest BCUT2D eigenvalue weighted by molar-refractivity contribution is 7.89. The molecule has 0 unspecified atom stereocenters. The number of nitrogens with zero attached hydrogens (tertiary/aromatic N) is 1. The first kappa shape index (κ1) is 14.5. The van der Waals surface area contributed by atoms with E-state index in [1.807, 2.05) is 13.8 Å². The van der Waals surface area contributed by atoms with E-state index in [2.05, 4.69) is 14.9 Å². The molecule has 6 nitrogen and oxygen atoms in total. The number of nitrogens with one attached hydrogen (secondary N) is 2. The third kappa shape index (κ3) is 3.37. The minimum atomic E-state index is -3.54. The van der Waals surface area contributed by atoms with Crippen LogP contribution >= 0.6 is 0 Å². The second kappa shape index (κ2) is 6.06. The van der Waals surface area contributed by atoms with Crippen molar-refractivity contribution >= 4 is 10.0 Å². The zero-order valence-corrected chi connectivity index (χ0v) is 12.2. The van der Waals surface area contributed by atoms with E-state index in [1.54, 1.807) is 24.5 Å². The second-order valence-corrected chi connectivity index (χ2v) is 6.06. The molecule has 0 atom stereocenters. The topological polar surface area (TPSA) is 84.1 Å². The number of rotatable bonds is 6. The summed E-state index contributed by atoms with van der Waals surface area (Å²) in [6.45, 7) is 4.45. The van der Waals surface area contributed by atoms with Gasteiger partial charge in [-0.3, -0.25) is 5.10 Å². The average molecular weight is 295 g/mol. The summed E-state index contributed by atoms with van der Waals surface area (Å²) in [7, 11) is -3.54. The Morgan fingerprint density at radius 3 is 2.80 bits per heavy atom. The summed E-state index contributed by atoms with van der Waals surface area (Å²) in [5, 5.41) is 6.40. The predicted octanol–water partition coefficient (Wildman–Crippen LogP) is 1.60. The lowest BCUT2D eigenvalue weighted by atomic mass is 10.2. The Hall–Kier alpha value is -1.86. The van der Waals surface area contributed by atoms with Gasteiger partial charge in [-0.25, -0.2) is 13.1 Å². The third-order valence-electron chi connectivity index (χ3n) is 2.78. The van der Waals surface area contributed by atoms with Crippen molar-refractivity contribution in [2.24, 2.45) is 0 Å². The zero-order valence-electron chi connectivity index (χ0n) is 11.4. The molecule has 0 aliphatic heterocycles. The average Bonchev–Trinajstić information content (AvgIpc) is 2.92. The molecule has 1 heterocycles. The Kier molecular flexibility index (Phi) is 4.41. The highest BCUT2D eigenvalue weighted by Gasteiger charge is 2.15. The van der Waals surface area contributed by atoms with Crippen LogP contribution in [0.1, 0.15) is 18.1 Å². The third-order valence-corrected chi connectivity index (χ3v) is 4.18. The van der Waals surface area contributed by atoms with Crippen molar-refractivity contribution in [3.05, 3.63) is 41.7 Å². The van der Waals surface area contributed by atoms with Crippen molar-refractivity contribution in [3.8, 4) is 5.75 Å². The fourth-order valence-electron chi connectivity index (χ4n) is 1.74. The van der Waals surface area contributed by atoms with Crippen molar-refractivity contribution in [1.29, 1.82) is 0 Å². The minimum absolute atomic E-state index is 0.199. The van der Waals surface area contributed by atoms with Crippen molar-refractivity contribution < 1.29 is 13.2 Å². The molecule has 7 heteroatoms. The number of aromatic amines is 1. The molecular formula is C13H17N3O3S. The van der Waals surface area contributed by atoms with Gasteiger partial charge in [0.15, 0.2) is 0 Å². The Balaban J connectivity index is 2.14. The van der Waals surface area contributed by atoms with Gasteiger partial charge in [-0.15, -0.1) is 0 Å². The fraction of sp³-hybridized carbons (Fsp3) is 0.308. The first-order valence-electron chi connectivity index (χ1n) is 6.23. The van der Waals surface area contributed by atoms with Crippen molar-refractivity contribution in [2.45, 2.75) is 25.3 Å². The molecule has 1 aromatic carbocycles. The molecule has 0 saturated carbocycles. The molecule has 2 rings (SSSR count). The van der Waals surface area contributed by atoms with Crippen LogP contribution in [0.4, 0.5) is 0 Å². The van der Waals surface area contributed by atoms with Crippen LogP contribution in [-0.2, 0) is 16.6 Å². The summed E-state index contributed by atoms with van der Waals surface area (Å²) < 4.78 is 32.3. The smallest absolute Gasteiger partial charge is 0.240 e. The summed E-state index contributed by atoms with van der Waals surface area (Å²) in [6, 6.07) is 4.81. The van der Waals surface area contributed by atoms with Crippen molar-refractivity contribution in [3.63, 3.8) is 0 Å². The van der Waals surface area contributed by atoms with Gasteiger partial charge in [0.25, 0.3) is 0 Å². The van der Waals surface area contributed by atoms with Gasteiger partial charge in [-0.05, 0) is 37.6 Å². The van der Waals surface area contributed by atoms with Crippen LogP contribution in [-0.4, -0.2) is 25.2 Å². The molecule has 0 fully saturated rings. The van der Waals surface area contributed by atoms with Gasteiger partial charge < -0.3 is 4.74 Å². The first-order chi connectivity index (χ1) is 9.53. The molecule has 0 spiro atoms. The molecule has 0 aliphatic carbocycles. The molecule has 20 heavy (non-hydrogen) atoms. The number of aromatic nitrogens is 2. The first-order valence-corrected chi connectivity index (χ1v) is 7.72. The summed E-state index contributed by atoms with van der Waals surface area (Å²) in [4.78, 5) is 0.224. The lowest BCUT2D eigenvalue weighted by Crippen LogP contribution is -2.23. The maximum atomic E-state index is 12.2. The van der Waals surface area contributed by atoms with Gasteiger partial charge >= 0.3 is 0 Å². The molecule has 2 N–H and O–H groups in total. The van der Waals surface area contributed by atoms with E-state index in [4.69, 9.17) is 4.74 Å². The number of benzene rings is 1. The SMILES string of the molecule is CCOc1ccc(S(=O)(=O)NCc2cn[nH]c2)cc1C. The number of H-pyrrole nitrogens is 1. The molecule has 0 saturated heterocycles. The quantitative estimate of drug-likeness (QED) is 0.847. The van der Waals surface area contributed by atoms with E-state index in [9.17, 15) is 8.42 Å². The molecular weight excluding hydrogens is 278 g/mol. The van der Waals surface area contributed by atoms with Crippen molar-refractivity contribution in [1.82, 2.24) is 14.9 Å². The molecule has 0 amide bonds. The molecule has 2 aromatic rings. The number of aryl methyl sites for hydroxylation is 1. The van der Waals surface area contributed by atoms with Gasteiger partial charge in [0.2, 0.25) is 10.0 Å². The van der Waals surface area contributed by atoms with Gasteiger partial charge in [0.05, 0.1) is 17.7 Å². The second-order valence-electron chi connectivity index (χ2n) is 4.29. The standard InChI is InChI=1S/C13H17N3O3S/c1-3-19-13-5-4-12(6-10(13)2)20(17,18)16-9-11-7-14-15-8-11/h4-8,16H,3,9H2,1-2H3,(H,14,15). The number of hydrogen-bond donors (Lipinski definition) is 2. The highest BCUT2D eigenvalue weighted by Crippen LogP contribution is 2.21. The van der Waals surface area contributed by atoms with Gasteiger partial charge in [0, 0.05) is 18.3 Å². The number of sulfonamides is 1. The van der Waals surface area contributed by atoms with Crippen LogP contribution < -0.4 is 9.46 Å². The molecule has 0 aliphatic rings. The van der Waals surface area contributed by atoms with E-state index in [-0.39, 0.29) is 11.4 Å². The zero-order chi connectivity index (χ0) is 14.6. The Labute approximate surface area is 118 Å². The monoisotopic (exact) mass is 295 g/mol. The lowest BCUT2D eigenvalue weighted by molar-refractivity contribution is 0.337. The highest BCUT2D eigenvalue weighted by atomic mass is 32.2. The van der Waals surface area contributed by atoms with E-state index >= 15 is 0 Å². The normalized spacial score (nSPS) is 11.5. The van der Waals surface area contributed by atoms with Gasteiger partial charge in [0.1, 0.15) is 5.75 Å². The number of ether oxygens (including phenoxy) is 1. The molecule has 0 bridgehead atoms. The van der Waals surface area contributed by atoms with Crippen LogP contribution in [0, 0.1) is 6.92 Å². The van der Waals surface area contributed by atoms with E-state index in [1.165, 1.54) is 6.07 Å². The van der Waals surface area contributed by atoms with E-state index < -0.39 is 10.0 Å². The van der Waals surface area contributed by atoms with E-state index in [0.717, 1.165) is 11.1 Å². The van der Waals surface area contributed by atoms with Crippen LogP contribution in [0.2, 0.25) is 0 Å². The van der Waals surface area contributed by atoms with Crippen molar-refractivity contribution in [2.75, 3.05) is 6.61 Å². The molecule has 1 aromatic heterocycles. The largest absolute Gasteiger partial charge is 0.494 e. The maximum absolute atomic E-state index is 12.2. The number of hydrogen-bond acceptors (Lipinski definition) is 4. The van der Waals surface area contributed by atoms with Gasteiger partial charge in [-0.2, -0.15) is 5.10 Å². The maximum Gasteiger partial charge on any atom is 0.240 e. The fourth-order valence-corrected chi connectivity index (χ4v) is 2.84. The predicted molar refractivity (Wildman–Crippen MR) is 75.0 cm³/mol. The summed E-state index contributed by atoms with van der Waals surface area (Å²) in [5.74, 6) is 0.696. The summed E-state index contributed by atoms with van der Waals surface area (Å²) in [6.07, 6.45) is 3.22. The summed E-state index contributed by atoms with van der Waals surface area (Å²) >= 11 is 0. The van der Waals surface area contributed by atoms with Crippen LogP contribution in [0.15, 0.2) is 35.5 Å². The Morgan fingerprint density at radius 1 is 1.40 bits per heavy atom. The summed E-state index contributed by atoms with van der Waals surface area (Å²) in [5.41, 5.74) is 1.56. The van der Waals surface area contributed by atoms with Crippen LogP contribution in [0.25, 0.3) is 0 Å². The minimum Gasteiger partial charge on any atom is -0.494 e. The molecule has 0 radical (unpaired) electrons. The van der Waals surface area contributed by atoms with Gasteiger partial charge in [-0.1, -0.05) is 0 Å². The van der Waals surface area contributed by atoms with Crippen LogP contribution in [0.3, 0.4) is 0 Å². The van der Waals surface area contributed by atoms with Crippen LogP contribution in [0.5, 0.6) is 5.75 Å². The lowest BCUT2D eigenvalue weighted by Gasteiger charge is -2.10. The Bertz CT molecular complexity index is 666.